The van der Waals surface area contributed by atoms with Gasteiger partial charge in [-0.1, -0.05) is 55.7 Å². The Morgan fingerprint density at radius 1 is 0.941 bits per heavy atom. The van der Waals surface area contributed by atoms with Crippen LogP contribution in [0.4, 0.5) is 5.69 Å². The van der Waals surface area contributed by atoms with Gasteiger partial charge >= 0.3 is 0 Å². The summed E-state index contributed by atoms with van der Waals surface area (Å²) in [4.78, 5) is 33.7. The number of carbonyl (C=O) groups excluding carboxylic acids is 2. The zero-order valence-electron chi connectivity index (χ0n) is 19.6. The van der Waals surface area contributed by atoms with Crippen molar-refractivity contribution < 1.29 is 14.3 Å². The number of methoxy groups -OCH3 is 1. The number of anilines is 1. The highest BCUT2D eigenvalue weighted by atomic mass is 16.5. The van der Waals surface area contributed by atoms with Crippen LogP contribution in [0.1, 0.15) is 43.2 Å². The van der Waals surface area contributed by atoms with Gasteiger partial charge in [0.2, 0.25) is 11.8 Å². The van der Waals surface area contributed by atoms with E-state index >= 15 is 0 Å². The predicted molar refractivity (Wildman–Crippen MR) is 132 cm³/mol. The zero-order chi connectivity index (χ0) is 23.8. The van der Waals surface area contributed by atoms with Crippen LogP contribution in [0.25, 0.3) is 0 Å². The average Bonchev–Trinajstić information content (AvgIpc) is 2.89. The second kappa shape index (κ2) is 11.0. The molecule has 3 aromatic rings. The Morgan fingerprint density at radius 2 is 1.65 bits per heavy atom. The molecule has 0 spiro atoms. The van der Waals surface area contributed by atoms with Gasteiger partial charge in [0, 0.05) is 24.6 Å². The molecule has 6 heteroatoms. The monoisotopic (exact) mass is 457 g/mol. The lowest BCUT2D eigenvalue weighted by Gasteiger charge is -2.45. The summed E-state index contributed by atoms with van der Waals surface area (Å²) in [6.45, 7) is 0.343. The van der Waals surface area contributed by atoms with Crippen LogP contribution in [-0.2, 0) is 22.6 Å². The van der Waals surface area contributed by atoms with Crippen LogP contribution in [0.2, 0.25) is 0 Å². The van der Waals surface area contributed by atoms with Crippen LogP contribution in [0.5, 0.6) is 5.75 Å². The highest BCUT2D eigenvalue weighted by Crippen LogP contribution is 2.37. The molecule has 0 radical (unpaired) electrons. The third-order valence-electron chi connectivity index (χ3n) is 6.53. The first-order valence-corrected chi connectivity index (χ1v) is 11.8. The molecule has 176 valence electrons. The lowest BCUT2D eigenvalue weighted by Crippen LogP contribution is -2.60. The minimum atomic E-state index is -0.917. The molecule has 2 amide bonds. The minimum absolute atomic E-state index is 0.0539. The Kier molecular flexibility index (Phi) is 7.58. The van der Waals surface area contributed by atoms with Crippen molar-refractivity contribution in [3.8, 4) is 5.75 Å². The fraction of sp³-hybridized carbons (Fsp3) is 0.321. The highest BCUT2D eigenvalue weighted by Gasteiger charge is 2.46. The molecule has 1 N–H and O–H groups in total. The molecule has 0 unspecified atom stereocenters. The molecule has 1 aromatic heterocycles. The van der Waals surface area contributed by atoms with Gasteiger partial charge in [0.1, 0.15) is 11.3 Å². The number of carbonyl (C=O) groups is 2. The number of hydrogen-bond donors (Lipinski definition) is 1. The summed E-state index contributed by atoms with van der Waals surface area (Å²) < 4.78 is 5.23. The van der Waals surface area contributed by atoms with Gasteiger partial charge in [-0.2, -0.15) is 0 Å². The molecule has 1 aliphatic rings. The maximum absolute atomic E-state index is 13.9. The topological polar surface area (TPSA) is 71.5 Å². The van der Waals surface area contributed by atoms with Crippen molar-refractivity contribution in [1.29, 1.82) is 0 Å². The molecule has 2 aromatic carbocycles. The van der Waals surface area contributed by atoms with Crippen LogP contribution >= 0.6 is 0 Å². The summed E-state index contributed by atoms with van der Waals surface area (Å²) in [6, 6.07) is 20.8. The van der Waals surface area contributed by atoms with Crippen molar-refractivity contribution in [3.05, 3.63) is 90.3 Å². The van der Waals surface area contributed by atoms with E-state index < -0.39 is 5.54 Å². The third-order valence-corrected chi connectivity index (χ3v) is 6.53. The maximum Gasteiger partial charge on any atom is 0.250 e. The molecule has 0 aliphatic heterocycles. The summed E-state index contributed by atoms with van der Waals surface area (Å²) in [7, 11) is 1.61. The lowest BCUT2D eigenvalue weighted by atomic mass is 9.78. The number of rotatable bonds is 8. The number of amides is 2. The molecule has 0 saturated heterocycles. The minimum Gasteiger partial charge on any atom is -0.497 e. The maximum atomic E-state index is 13.9. The molecule has 1 fully saturated rings. The fourth-order valence-electron chi connectivity index (χ4n) is 4.70. The Labute approximate surface area is 201 Å². The second-order valence-corrected chi connectivity index (χ2v) is 8.78. The van der Waals surface area contributed by atoms with Gasteiger partial charge in [0.15, 0.2) is 0 Å². The average molecular weight is 458 g/mol. The van der Waals surface area contributed by atoms with E-state index in [-0.39, 0.29) is 18.2 Å². The van der Waals surface area contributed by atoms with Gasteiger partial charge < -0.3 is 15.0 Å². The summed E-state index contributed by atoms with van der Waals surface area (Å²) in [6.07, 6.45) is 7.86. The van der Waals surface area contributed by atoms with E-state index in [1.165, 1.54) is 0 Å². The smallest absolute Gasteiger partial charge is 0.250 e. The van der Waals surface area contributed by atoms with Crippen LogP contribution in [0, 0.1) is 0 Å². The summed E-state index contributed by atoms with van der Waals surface area (Å²) in [5.74, 6) is 0.533. The van der Waals surface area contributed by atoms with Crippen molar-refractivity contribution >= 4 is 17.5 Å². The molecule has 0 atom stereocenters. The van der Waals surface area contributed by atoms with E-state index in [2.05, 4.69) is 10.3 Å². The van der Waals surface area contributed by atoms with Gasteiger partial charge in [0.25, 0.3) is 0 Å². The number of benzene rings is 2. The zero-order valence-corrected chi connectivity index (χ0v) is 19.6. The summed E-state index contributed by atoms with van der Waals surface area (Å²) in [5, 5.41) is 3.08. The molecule has 1 saturated carbocycles. The molecular formula is C28H31N3O3. The normalized spacial score (nSPS) is 14.7. The molecule has 6 nitrogen and oxygen atoms in total. The van der Waals surface area contributed by atoms with Gasteiger partial charge in [-0.15, -0.1) is 0 Å². The lowest BCUT2D eigenvalue weighted by molar-refractivity contribution is -0.148. The van der Waals surface area contributed by atoms with E-state index in [1.54, 1.807) is 24.4 Å². The second-order valence-electron chi connectivity index (χ2n) is 8.78. The number of ether oxygens (including phenoxy) is 1. The molecule has 1 heterocycles. The molecular weight excluding hydrogens is 426 g/mol. The van der Waals surface area contributed by atoms with Crippen LogP contribution in [0.15, 0.2) is 79.1 Å². The van der Waals surface area contributed by atoms with E-state index in [9.17, 15) is 9.59 Å². The number of nitrogens with one attached hydrogen (secondary N) is 1. The molecule has 34 heavy (non-hydrogen) atoms. The number of pyridine rings is 1. The first kappa shape index (κ1) is 23.5. The number of hydrogen-bond acceptors (Lipinski definition) is 4. The quantitative estimate of drug-likeness (QED) is 0.517. The number of nitrogens with zero attached hydrogens (tertiary/aromatic N) is 2. The Morgan fingerprint density at radius 3 is 2.29 bits per heavy atom. The Bertz CT molecular complexity index is 1080. The SMILES string of the molecule is COc1ccc(NC(=O)C2(N(Cc3cccnc3)C(=O)Cc3ccccc3)CCCCC2)cc1. The first-order chi connectivity index (χ1) is 16.6. The Balaban J connectivity index is 1.66. The van der Waals surface area contributed by atoms with Crippen molar-refractivity contribution in [2.75, 3.05) is 12.4 Å². The first-order valence-electron chi connectivity index (χ1n) is 11.8. The molecule has 1 aliphatic carbocycles. The third kappa shape index (κ3) is 5.45. The standard InChI is InChI=1S/C28H31N3O3/c1-34-25-14-12-24(13-15-25)30-27(33)28(16-6-3-7-17-28)31(21-23-11-8-18-29-20-23)26(32)19-22-9-4-2-5-10-22/h2,4-5,8-15,18,20H,3,6-7,16-17,19,21H2,1H3,(H,30,33). The largest absolute Gasteiger partial charge is 0.497 e. The van der Waals surface area contributed by atoms with E-state index in [1.807, 2.05) is 66.7 Å². The van der Waals surface area contributed by atoms with Crippen molar-refractivity contribution in [1.82, 2.24) is 9.88 Å². The van der Waals surface area contributed by atoms with Crippen molar-refractivity contribution in [3.63, 3.8) is 0 Å². The number of aromatic nitrogens is 1. The van der Waals surface area contributed by atoms with Gasteiger partial charge in [-0.3, -0.25) is 14.6 Å². The van der Waals surface area contributed by atoms with Gasteiger partial charge in [-0.05, 0) is 54.3 Å². The van der Waals surface area contributed by atoms with Crippen LogP contribution in [0.3, 0.4) is 0 Å². The summed E-state index contributed by atoms with van der Waals surface area (Å²) in [5.41, 5.74) is 1.61. The summed E-state index contributed by atoms with van der Waals surface area (Å²) >= 11 is 0. The van der Waals surface area contributed by atoms with Crippen molar-refractivity contribution in [2.24, 2.45) is 0 Å². The van der Waals surface area contributed by atoms with E-state index in [0.717, 1.165) is 36.1 Å². The predicted octanol–water partition coefficient (Wildman–Crippen LogP) is 5.00. The highest BCUT2D eigenvalue weighted by molar-refractivity contribution is 6.00. The van der Waals surface area contributed by atoms with E-state index in [4.69, 9.17) is 4.74 Å². The molecule has 4 rings (SSSR count). The van der Waals surface area contributed by atoms with Crippen molar-refractivity contribution in [2.45, 2.75) is 50.6 Å². The fourth-order valence-corrected chi connectivity index (χ4v) is 4.70. The van der Waals surface area contributed by atoms with E-state index in [0.29, 0.717) is 25.1 Å². The Hall–Kier alpha value is -3.67. The van der Waals surface area contributed by atoms with Gasteiger partial charge in [0.05, 0.1) is 13.5 Å². The molecule has 0 bridgehead atoms. The van der Waals surface area contributed by atoms with Gasteiger partial charge in [-0.25, -0.2) is 0 Å². The van der Waals surface area contributed by atoms with Crippen LogP contribution < -0.4 is 10.1 Å². The van der Waals surface area contributed by atoms with Crippen LogP contribution in [-0.4, -0.2) is 34.3 Å².